The van der Waals surface area contributed by atoms with Gasteiger partial charge in [0.05, 0.1) is 0 Å². The number of amides is 2. The summed E-state index contributed by atoms with van der Waals surface area (Å²) in [5.41, 5.74) is 1.61. The summed E-state index contributed by atoms with van der Waals surface area (Å²) in [7, 11) is 0. The predicted molar refractivity (Wildman–Crippen MR) is 105 cm³/mol. The fourth-order valence-electron chi connectivity index (χ4n) is 3.51. The maximum absolute atomic E-state index is 13.1. The van der Waals surface area contributed by atoms with E-state index < -0.39 is 0 Å². The van der Waals surface area contributed by atoms with E-state index in [0.717, 1.165) is 54.9 Å². The van der Waals surface area contributed by atoms with Gasteiger partial charge in [0, 0.05) is 30.1 Å². The molecule has 0 unspecified atom stereocenters. The van der Waals surface area contributed by atoms with Gasteiger partial charge in [-0.15, -0.1) is 10.2 Å². The third-order valence-corrected chi connectivity index (χ3v) is 5.85. The SMILES string of the molecule is CC(=O)Nc1nnc(-c2ccc(C(=O)N(C3CCNCC3)C3CC3)cc2)s1. The molecule has 2 aliphatic rings. The van der Waals surface area contributed by atoms with Crippen LogP contribution in [0.4, 0.5) is 5.13 Å². The number of carbonyl (C=O) groups is 2. The number of benzene rings is 1. The average molecular weight is 385 g/mol. The summed E-state index contributed by atoms with van der Waals surface area (Å²) in [5.74, 6) is -0.0381. The molecule has 1 aliphatic carbocycles. The van der Waals surface area contributed by atoms with Crippen LogP contribution in [0.2, 0.25) is 0 Å². The van der Waals surface area contributed by atoms with E-state index in [4.69, 9.17) is 0 Å². The number of anilines is 1. The van der Waals surface area contributed by atoms with E-state index in [1.165, 1.54) is 18.3 Å². The van der Waals surface area contributed by atoms with Crippen molar-refractivity contribution in [1.29, 1.82) is 0 Å². The summed E-state index contributed by atoms with van der Waals surface area (Å²) in [5, 5.41) is 15.3. The van der Waals surface area contributed by atoms with Crippen LogP contribution < -0.4 is 10.6 Å². The van der Waals surface area contributed by atoms with E-state index in [0.29, 0.717) is 17.2 Å². The quantitative estimate of drug-likeness (QED) is 0.826. The highest BCUT2D eigenvalue weighted by Crippen LogP contribution is 2.33. The molecular weight excluding hydrogens is 362 g/mol. The molecule has 4 rings (SSSR count). The van der Waals surface area contributed by atoms with Crippen molar-refractivity contribution in [2.45, 2.75) is 44.7 Å². The average Bonchev–Trinajstić information content (AvgIpc) is 3.40. The van der Waals surface area contributed by atoms with Gasteiger partial charge < -0.3 is 15.5 Å². The molecule has 8 heteroatoms. The number of hydrogen-bond acceptors (Lipinski definition) is 6. The van der Waals surface area contributed by atoms with E-state index in [9.17, 15) is 9.59 Å². The van der Waals surface area contributed by atoms with Gasteiger partial charge in [-0.2, -0.15) is 0 Å². The van der Waals surface area contributed by atoms with Crippen LogP contribution in [-0.4, -0.2) is 52.1 Å². The first-order valence-corrected chi connectivity index (χ1v) is 10.2. The van der Waals surface area contributed by atoms with Gasteiger partial charge in [0.25, 0.3) is 5.91 Å². The zero-order valence-electron chi connectivity index (χ0n) is 15.3. The lowest BCUT2D eigenvalue weighted by molar-refractivity contribution is -0.114. The Morgan fingerprint density at radius 3 is 2.37 bits per heavy atom. The Balaban J connectivity index is 1.49. The number of carbonyl (C=O) groups excluding carboxylic acids is 2. The lowest BCUT2D eigenvalue weighted by atomic mass is 10.0. The molecule has 27 heavy (non-hydrogen) atoms. The number of aromatic nitrogens is 2. The van der Waals surface area contributed by atoms with Crippen LogP contribution in [0.3, 0.4) is 0 Å². The van der Waals surface area contributed by atoms with Gasteiger partial charge in [-0.3, -0.25) is 9.59 Å². The monoisotopic (exact) mass is 385 g/mol. The predicted octanol–water partition coefficient (Wildman–Crippen LogP) is 2.52. The Morgan fingerprint density at radius 2 is 1.74 bits per heavy atom. The summed E-state index contributed by atoms with van der Waals surface area (Å²) >= 11 is 1.32. The molecule has 1 aromatic carbocycles. The number of rotatable bonds is 5. The number of nitrogens with zero attached hydrogens (tertiary/aromatic N) is 3. The van der Waals surface area contributed by atoms with E-state index in [1.54, 1.807) is 0 Å². The first-order chi connectivity index (χ1) is 13.1. The molecule has 0 atom stereocenters. The highest BCUT2D eigenvalue weighted by molar-refractivity contribution is 7.18. The van der Waals surface area contributed by atoms with Gasteiger partial charge in [0.2, 0.25) is 11.0 Å². The molecule has 0 bridgehead atoms. The van der Waals surface area contributed by atoms with Crippen molar-refractivity contribution >= 4 is 28.3 Å². The zero-order chi connectivity index (χ0) is 18.8. The largest absolute Gasteiger partial charge is 0.333 e. The van der Waals surface area contributed by atoms with Gasteiger partial charge in [-0.25, -0.2) is 0 Å². The maximum Gasteiger partial charge on any atom is 0.254 e. The number of hydrogen-bond donors (Lipinski definition) is 2. The third kappa shape index (κ3) is 4.17. The Bertz CT molecular complexity index is 825. The minimum absolute atomic E-state index is 0.132. The molecule has 7 nitrogen and oxygen atoms in total. The van der Waals surface area contributed by atoms with E-state index in [-0.39, 0.29) is 11.8 Å². The van der Waals surface area contributed by atoms with Crippen molar-refractivity contribution < 1.29 is 9.59 Å². The summed E-state index contributed by atoms with van der Waals surface area (Å²) in [6.45, 7) is 3.40. The molecule has 2 amide bonds. The molecule has 2 N–H and O–H groups in total. The Labute approximate surface area is 162 Å². The molecule has 142 valence electrons. The summed E-state index contributed by atoms with van der Waals surface area (Å²) in [6, 6.07) is 8.29. The molecule has 1 aliphatic heterocycles. The van der Waals surface area contributed by atoms with Crippen LogP contribution >= 0.6 is 11.3 Å². The number of piperidine rings is 1. The molecule has 1 aromatic heterocycles. The first-order valence-electron chi connectivity index (χ1n) is 9.37. The topological polar surface area (TPSA) is 87.2 Å². The van der Waals surface area contributed by atoms with Crippen LogP contribution in [0.5, 0.6) is 0 Å². The van der Waals surface area contributed by atoms with Crippen molar-refractivity contribution in [1.82, 2.24) is 20.4 Å². The van der Waals surface area contributed by atoms with E-state index >= 15 is 0 Å². The normalized spacial score (nSPS) is 17.5. The summed E-state index contributed by atoms with van der Waals surface area (Å²) in [6.07, 6.45) is 4.28. The van der Waals surface area contributed by atoms with Crippen LogP contribution in [0.1, 0.15) is 43.0 Å². The summed E-state index contributed by atoms with van der Waals surface area (Å²) < 4.78 is 0. The zero-order valence-corrected chi connectivity index (χ0v) is 16.1. The van der Waals surface area contributed by atoms with Gasteiger partial charge in [-0.05, 0) is 50.9 Å². The van der Waals surface area contributed by atoms with Crippen LogP contribution in [-0.2, 0) is 4.79 Å². The fraction of sp³-hybridized carbons (Fsp3) is 0.474. The minimum atomic E-state index is -0.170. The Kier molecular flexibility index (Phi) is 5.18. The molecule has 0 radical (unpaired) electrons. The maximum atomic E-state index is 13.1. The smallest absolute Gasteiger partial charge is 0.254 e. The molecule has 1 saturated carbocycles. The second-order valence-corrected chi connectivity index (χ2v) is 8.07. The van der Waals surface area contributed by atoms with Crippen molar-refractivity contribution in [2.75, 3.05) is 18.4 Å². The van der Waals surface area contributed by atoms with Crippen LogP contribution in [0, 0.1) is 0 Å². The van der Waals surface area contributed by atoms with Gasteiger partial charge in [0.1, 0.15) is 5.01 Å². The molecule has 2 aromatic rings. The lowest BCUT2D eigenvalue weighted by Gasteiger charge is -2.35. The standard InChI is InChI=1S/C19H23N5O2S/c1-12(25)21-19-23-22-17(27-19)13-2-4-14(5-3-13)18(26)24(15-6-7-15)16-8-10-20-11-9-16/h2-5,15-16,20H,6-11H2,1H3,(H,21,23,25). The van der Waals surface area contributed by atoms with E-state index in [2.05, 4.69) is 25.7 Å². The minimum Gasteiger partial charge on any atom is -0.333 e. The highest BCUT2D eigenvalue weighted by Gasteiger charge is 2.38. The second-order valence-electron chi connectivity index (χ2n) is 7.10. The van der Waals surface area contributed by atoms with Crippen molar-refractivity contribution in [3.05, 3.63) is 29.8 Å². The Hall–Kier alpha value is -2.32. The van der Waals surface area contributed by atoms with E-state index in [1.807, 2.05) is 24.3 Å². The molecule has 0 spiro atoms. The van der Waals surface area contributed by atoms with Crippen molar-refractivity contribution in [3.8, 4) is 10.6 Å². The van der Waals surface area contributed by atoms with Crippen molar-refractivity contribution in [3.63, 3.8) is 0 Å². The lowest BCUT2D eigenvalue weighted by Crippen LogP contribution is -2.47. The fourth-order valence-corrected chi connectivity index (χ4v) is 4.31. The second kappa shape index (κ2) is 7.74. The first kappa shape index (κ1) is 18.1. The van der Waals surface area contributed by atoms with Crippen LogP contribution in [0.25, 0.3) is 10.6 Å². The number of nitrogens with one attached hydrogen (secondary N) is 2. The molecule has 1 saturated heterocycles. The van der Waals surface area contributed by atoms with Crippen molar-refractivity contribution in [2.24, 2.45) is 0 Å². The third-order valence-electron chi connectivity index (χ3n) is 4.96. The van der Waals surface area contributed by atoms with Gasteiger partial charge in [-0.1, -0.05) is 23.5 Å². The van der Waals surface area contributed by atoms with Gasteiger partial charge >= 0.3 is 0 Å². The molecular formula is C19H23N5O2S. The highest BCUT2D eigenvalue weighted by atomic mass is 32.1. The molecule has 2 heterocycles. The molecule has 2 fully saturated rings. The Morgan fingerprint density at radius 1 is 1.07 bits per heavy atom. The van der Waals surface area contributed by atoms with Crippen LogP contribution in [0.15, 0.2) is 24.3 Å². The summed E-state index contributed by atoms with van der Waals surface area (Å²) in [4.78, 5) is 26.4. The van der Waals surface area contributed by atoms with Gasteiger partial charge in [0.15, 0.2) is 0 Å².